The van der Waals surface area contributed by atoms with Gasteiger partial charge in [0.1, 0.15) is 0 Å². The van der Waals surface area contributed by atoms with E-state index < -0.39 is 0 Å². The van der Waals surface area contributed by atoms with E-state index in [1.54, 1.807) is 0 Å². The highest BCUT2D eigenvalue weighted by Gasteiger charge is 2.21. The zero-order chi connectivity index (χ0) is 9.97. The van der Waals surface area contributed by atoms with Crippen LogP contribution < -0.4 is 0 Å². The second-order valence-electron chi connectivity index (χ2n) is 4.29. The van der Waals surface area contributed by atoms with E-state index in [-0.39, 0.29) is 6.10 Å². The molecule has 1 aliphatic rings. The van der Waals surface area contributed by atoms with Gasteiger partial charge < -0.3 is 5.11 Å². The smallest absolute Gasteiger partial charge is 0.0656 e. The fourth-order valence-electron chi connectivity index (χ4n) is 2.25. The number of nitrogens with zero attached hydrogens (tertiary/aromatic N) is 2. The Labute approximate surface area is 84.7 Å². The van der Waals surface area contributed by atoms with Gasteiger partial charge in [0.15, 0.2) is 0 Å². The Kier molecular flexibility index (Phi) is 2.87. The lowest BCUT2D eigenvalue weighted by Crippen LogP contribution is -2.10. The zero-order valence-electron chi connectivity index (χ0n) is 8.69. The minimum absolute atomic E-state index is 0.121. The van der Waals surface area contributed by atoms with Crippen LogP contribution in [-0.2, 0) is 7.05 Å². The lowest BCUT2D eigenvalue weighted by atomic mass is 9.96. The summed E-state index contributed by atoms with van der Waals surface area (Å²) in [7, 11) is 1.94. The summed E-state index contributed by atoms with van der Waals surface area (Å²) >= 11 is 0. The molecule has 1 aliphatic carbocycles. The van der Waals surface area contributed by atoms with Gasteiger partial charge in [0.2, 0.25) is 0 Å². The maximum Gasteiger partial charge on any atom is 0.0656 e. The Morgan fingerprint density at radius 2 is 2.21 bits per heavy atom. The van der Waals surface area contributed by atoms with Gasteiger partial charge in [-0.05, 0) is 25.3 Å². The molecule has 1 saturated carbocycles. The molecule has 0 spiro atoms. The highest BCUT2D eigenvalue weighted by atomic mass is 16.3. The van der Waals surface area contributed by atoms with E-state index in [0.717, 1.165) is 25.0 Å². The van der Waals surface area contributed by atoms with Gasteiger partial charge in [0.05, 0.1) is 11.8 Å². The summed E-state index contributed by atoms with van der Waals surface area (Å²) in [5.74, 6) is 0.466. The molecule has 78 valence electrons. The SMILES string of the molecule is Cn1ccc(C2CCCCC(O)C2)n1. The Bertz CT molecular complexity index is 295. The van der Waals surface area contributed by atoms with E-state index in [1.807, 2.05) is 17.9 Å². The van der Waals surface area contributed by atoms with Gasteiger partial charge in [0, 0.05) is 19.2 Å². The third-order valence-electron chi connectivity index (χ3n) is 3.05. The van der Waals surface area contributed by atoms with Gasteiger partial charge >= 0.3 is 0 Å². The van der Waals surface area contributed by atoms with Gasteiger partial charge in [-0.2, -0.15) is 5.10 Å². The molecule has 1 fully saturated rings. The van der Waals surface area contributed by atoms with Gasteiger partial charge in [0.25, 0.3) is 0 Å². The van der Waals surface area contributed by atoms with E-state index in [1.165, 1.54) is 12.8 Å². The lowest BCUT2D eigenvalue weighted by Gasteiger charge is -2.13. The first-order valence-corrected chi connectivity index (χ1v) is 5.43. The van der Waals surface area contributed by atoms with Crippen LogP contribution in [0, 0.1) is 0 Å². The Hall–Kier alpha value is -0.830. The van der Waals surface area contributed by atoms with Gasteiger partial charge in [-0.3, -0.25) is 4.68 Å². The number of aryl methyl sites for hydroxylation is 1. The molecule has 2 rings (SSSR count). The van der Waals surface area contributed by atoms with Crippen LogP contribution in [0.5, 0.6) is 0 Å². The maximum absolute atomic E-state index is 9.69. The minimum atomic E-state index is -0.121. The summed E-state index contributed by atoms with van der Waals surface area (Å²) in [6.07, 6.45) is 7.26. The summed E-state index contributed by atoms with van der Waals surface area (Å²) < 4.78 is 1.84. The molecule has 1 aromatic heterocycles. The molecule has 0 bridgehead atoms. The summed E-state index contributed by atoms with van der Waals surface area (Å²) in [5.41, 5.74) is 1.15. The standard InChI is InChI=1S/C11H18N2O/c1-13-7-6-11(12-13)9-4-2-3-5-10(14)8-9/h6-7,9-10,14H,2-5,8H2,1H3. The van der Waals surface area contributed by atoms with Gasteiger partial charge in [-0.1, -0.05) is 12.8 Å². The monoisotopic (exact) mass is 194 g/mol. The van der Waals surface area contributed by atoms with Crippen molar-refractivity contribution in [3.8, 4) is 0 Å². The van der Waals surface area contributed by atoms with Crippen LogP contribution in [-0.4, -0.2) is 21.0 Å². The molecule has 14 heavy (non-hydrogen) atoms. The van der Waals surface area contributed by atoms with Crippen molar-refractivity contribution in [1.82, 2.24) is 9.78 Å². The molecule has 3 nitrogen and oxygen atoms in total. The predicted octanol–water partition coefficient (Wildman–Crippen LogP) is 1.83. The number of aliphatic hydroxyl groups excluding tert-OH is 1. The van der Waals surface area contributed by atoms with Crippen molar-refractivity contribution < 1.29 is 5.11 Å². The second-order valence-corrected chi connectivity index (χ2v) is 4.29. The lowest BCUT2D eigenvalue weighted by molar-refractivity contribution is 0.151. The number of hydrogen-bond acceptors (Lipinski definition) is 2. The molecular formula is C11H18N2O. The van der Waals surface area contributed by atoms with Crippen LogP contribution in [0.25, 0.3) is 0 Å². The van der Waals surface area contributed by atoms with Crippen LogP contribution in [0.4, 0.5) is 0 Å². The Balaban J connectivity index is 2.08. The second kappa shape index (κ2) is 4.13. The summed E-state index contributed by atoms with van der Waals surface area (Å²) in [4.78, 5) is 0. The number of hydrogen-bond donors (Lipinski definition) is 1. The van der Waals surface area contributed by atoms with E-state index in [4.69, 9.17) is 0 Å². The first kappa shape index (κ1) is 9.71. The van der Waals surface area contributed by atoms with Crippen molar-refractivity contribution in [3.05, 3.63) is 18.0 Å². The van der Waals surface area contributed by atoms with Crippen LogP contribution in [0.1, 0.15) is 43.7 Å². The topological polar surface area (TPSA) is 38.0 Å². The van der Waals surface area contributed by atoms with Crippen LogP contribution in [0.3, 0.4) is 0 Å². The number of aromatic nitrogens is 2. The number of aliphatic hydroxyl groups is 1. The van der Waals surface area contributed by atoms with Crippen molar-refractivity contribution >= 4 is 0 Å². The first-order chi connectivity index (χ1) is 6.75. The summed E-state index contributed by atoms with van der Waals surface area (Å²) in [6.45, 7) is 0. The van der Waals surface area contributed by atoms with Crippen molar-refractivity contribution in [3.63, 3.8) is 0 Å². The quantitative estimate of drug-likeness (QED) is 0.693. The molecule has 0 amide bonds. The minimum Gasteiger partial charge on any atom is -0.393 e. The molecule has 1 N–H and O–H groups in total. The molecular weight excluding hydrogens is 176 g/mol. The average molecular weight is 194 g/mol. The molecule has 1 heterocycles. The fourth-order valence-corrected chi connectivity index (χ4v) is 2.25. The van der Waals surface area contributed by atoms with Crippen molar-refractivity contribution in [1.29, 1.82) is 0 Å². The Morgan fingerprint density at radius 1 is 1.43 bits per heavy atom. The molecule has 0 aromatic carbocycles. The highest BCUT2D eigenvalue weighted by molar-refractivity contribution is 5.07. The molecule has 0 radical (unpaired) electrons. The summed E-state index contributed by atoms with van der Waals surface area (Å²) in [6, 6.07) is 2.07. The Morgan fingerprint density at radius 3 is 2.93 bits per heavy atom. The van der Waals surface area contributed by atoms with E-state index in [2.05, 4.69) is 11.2 Å². The molecule has 1 aromatic rings. The molecule has 2 atom stereocenters. The maximum atomic E-state index is 9.69. The van der Waals surface area contributed by atoms with E-state index in [9.17, 15) is 5.11 Å². The van der Waals surface area contributed by atoms with Gasteiger partial charge in [-0.15, -0.1) is 0 Å². The predicted molar refractivity (Wildman–Crippen MR) is 55.0 cm³/mol. The third-order valence-corrected chi connectivity index (χ3v) is 3.05. The van der Waals surface area contributed by atoms with Crippen LogP contribution >= 0.6 is 0 Å². The van der Waals surface area contributed by atoms with Crippen molar-refractivity contribution in [2.24, 2.45) is 7.05 Å². The first-order valence-electron chi connectivity index (χ1n) is 5.43. The summed E-state index contributed by atoms with van der Waals surface area (Å²) in [5, 5.41) is 14.1. The van der Waals surface area contributed by atoms with E-state index >= 15 is 0 Å². The molecule has 0 aliphatic heterocycles. The molecule has 3 heteroatoms. The van der Waals surface area contributed by atoms with Crippen molar-refractivity contribution in [2.75, 3.05) is 0 Å². The van der Waals surface area contributed by atoms with E-state index in [0.29, 0.717) is 5.92 Å². The largest absolute Gasteiger partial charge is 0.393 e. The van der Waals surface area contributed by atoms with Gasteiger partial charge in [-0.25, -0.2) is 0 Å². The fraction of sp³-hybridized carbons (Fsp3) is 0.727. The average Bonchev–Trinajstić information content (AvgIpc) is 2.45. The number of rotatable bonds is 1. The molecule has 0 saturated heterocycles. The van der Waals surface area contributed by atoms with Crippen LogP contribution in [0.2, 0.25) is 0 Å². The third kappa shape index (κ3) is 2.15. The normalized spacial score (nSPS) is 28.7. The van der Waals surface area contributed by atoms with Crippen molar-refractivity contribution in [2.45, 2.75) is 44.1 Å². The van der Waals surface area contributed by atoms with Crippen LogP contribution in [0.15, 0.2) is 12.3 Å². The zero-order valence-corrected chi connectivity index (χ0v) is 8.69. The molecule has 2 unspecified atom stereocenters. The highest BCUT2D eigenvalue weighted by Crippen LogP contribution is 2.30.